The molecular weight excluding hydrogens is 268 g/mol. The highest BCUT2D eigenvalue weighted by molar-refractivity contribution is 5.93. The number of nitrogens with one attached hydrogen (secondary N) is 1. The number of hydrogen-bond acceptors (Lipinski definition) is 4. The minimum Gasteiger partial charge on any atom is -0.444 e. The molecule has 1 fully saturated rings. The second-order valence-electron chi connectivity index (χ2n) is 5.13. The van der Waals surface area contributed by atoms with E-state index in [1.807, 2.05) is 30.3 Å². The van der Waals surface area contributed by atoms with Gasteiger partial charge in [-0.25, -0.2) is 0 Å². The number of nitrogens with zero attached hydrogens (tertiary/aromatic N) is 1. The first-order chi connectivity index (χ1) is 10.2. The summed E-state index contributed by atoms with van der Waals surface area (Å²) in [5.41, 5.74) is 0.752. The van der Waals surface area contributed by atoms with Crippen molar-refractivity contribution in [2.24, 2.45) is 5.92 Å². The third-order valence-electron chi connectivity index (χ3n) is 3.68. The van der Waals surface area contributed by atoms with Crippen LogP contribution in [0.25, 0.3) is 0 Å². The fourth-order valence-corrected chi connectivity index (χ4v) is 2.39. The van der Waals surface area contributed by atoms with E-state index in [9.17, 15) is 9.59 Å². The average Bonchev–Trinajstić information content (AvgIpc) is 2.56. The van der Waals surface area contributed by atoms with Gasteiger partial charge in [-0.05, 0) is 38.1 Å². The predicted molar refractivity (Wildman–Crippen MR) is 80.8 cm³/mol. The number of benzene rings is 1. The Labute approximate surface area is 125 Å². The minimum absolute atomic E-state index is 0.0144. The van der Waals surface area contributed by atoms with E-state index in [2.05, 4.69) is 5.32 Å². The number of amides is 1. The van der Waals surface area contributed by atoms with Crippen LogP contribution in [0.3, 0.4) is 0 Å². The lowest BCUT2D eigenvalue weighted by Crippen LogP contribution is -2.37. The summed E-state index contributed by atoms with van der Waals surface area (Å²) in [6, 6.07) is 9.29. The Kier molecular flexibility index (Phi) is 5.75. The van der Waals surface area contributed by atoms with Gasteiger partial charge >= 0.3 is 5.97 Å². The Bertz CT molecular complexity index is 470. The maximum absolute atomic E-state index is 12.1. The monoisotopic (exact) mass is 290 g/mol. The lowest BCUT2D eigenvalue weighted by atomic mass is 9.99. The number of carbonyl (C=O) groups excluding carboxylic acids is 2. The fourth-order valence-electron chi connectivity index (χ4n) is 2.39. The summed E-state index contributed by atoms with van der Waals surface area (Å²) in [6.45, 7) is 3.47. The highest BCUT2D eigenvalue weighted by Crippen LogP contribution is 2.17. The van der Waals surface area contributed by atoms with Crippen molar-refractivity contribution >= 4 is 17.6 Å². The summed E-state index contributed by atoms with van der Waals surface area (Å²) >= 11 is 0. The van der Waals surface area contributed by atoms with Crippen molar-refractivity contribution in [3.63, 3.8) is 0 Å². The predicted octanol–water partition coefficient (Wildman–Crippen LogP) is 1.93. The number of esters is 1. The molecule has 0 aliphatic carbocycles. The minimum atomic E-state index is -0.207. The van der Waals surface area contributed by atoms with Crippen LogP contribution < -0.4 is 10.2 Å². The quantitative estimate of drug-likeness (QED) is 0.665. The maximum atomic E-state index is 12.1. The van der Waals surface area contributed by atoms with Gasteiger partial charge in [0.1, 0.15) is 0 Å². The largest absolute Gasteiger partial charge is 0.444 e. The molecule has 0 spiro atoms. The molecule has 0 unspecified atom stereocenters. The molecule has 5 nitrogen and oxygen atoms in total. The summed E-state index contributed by atoms with van der Waals surface area (Å²) in [7, 11) is 0. The van der Waals surface area contributed by atoms with E-state index in [0.29, 0.717) is 6.42 Å². The molecule has 1 N–H and O–H groups in total. The van der Waals surface area contributed by atoms with E-state index in [4.69, 9.17) is 4.74 Å². The molecule has 1 saturated heterocycles. The lowest BCUT2D eigenvalue weighted by molar-refractivity contribution is -0.149. The Morgan fingerprint density at radius 2 is 1.90 bits per heavy atom. The zero-order chi connectivity index (χ0) is 15.1. The van der Waals surface area contributed by atoms with Crippen molar-refractivity contribution < 1.29 is 14.3 Å². The number of para-hydroxylation sites is 1. The van der Waals surface area contributed by atoms with Gasteiger partial charge in [0, 0.05) is 12.1 Å². The molecule has 114 valence electrons. The Morgan fingerprint density at radius 1 is 1.24 bits per heavy atom. The molecule has 0 bridgehead atoms. The molecule has 0 atom stereocenters. The molecule has 1 aliphatic heterocycles. The van der Waals surface area contributed by atoms with Crippen molar-refractivity contribution in [2.75, 3.05) is 24.7 Å². The highest BCUT2D eigenvalue weighted by atomic mass is 16.5. The van der Waals surface area contributed by atoms with Crippen LogP contribution in [0.15, 0.2) is 30.3 Å². The number of carbonyl (C=O) groups is 2. The topological polar surface area (TPSA) is 58.6 Å². The average molecular weight is 290 g/mol. The second kappa shape index (κ2) is 7.78. The molecule has 0 aromatic heterocycles. The summed E-state index contributed by atoms with van der Waals surface area (Å²) in [6.07, 6.45) is 1.97. The fraction of sp³-hybridized carbons (Fsp3) is 0.500. The molecular formula is C16H22N2O3. The molecule has 1 amide bonds. The Balaban J connectivity index is 1.96. The molecule has 0 radical (unpaired) electrons. The molecule has 1 aromatic rings. The number of piperidine rings is 1. The number of ether oxygens (including phenoxy) is 1. The van der Waals surface area contributed by atoms with Crippen molar-refractivity contribution in [3.8, 4) is 0 Å². The van der Waals surface area contributed by atoms with Gasteiger partial charge in [0.05, 0.1) is 5.92 Å². The van der Waals surface area contributed by atoms with E-state index in [-0.39, 0.29) is 24.5 Å². The standard InChI is InChI=1S/C16H22N2O3/c1-2-15(19)18(14-6-4-3-5-7-14)12-21-16(20)13-8-10-17-11-9-13/h3-7,13,17H,2,8-12H2,1H3. The molecule has 1 aliphatic rings. The first kappa shape index (κ1) is 15.5. The van der Waals surface area contributed by atoms with E-state index in [1.54, 1.807) is 6.92 Å². The molecule has 2 rings (SSSR count). The van der Waals surface area contributed by atoms with Crippen LogP contribution in [0.5, 0.6) is 0 Å². The van der Waals surface area contributed by atoms with Gasteiger partial charge in [0.2, 0.25) is 5.91 Å². The number of hydrogen-bond donors (Lipinski definition) is 1. The highest BCUT2D eigenvalue weighted by Gasteiger charge is 2.24. The van der Waals surface area contributed by atoms with Gasteiger partial charge in [0.25, 0.3) is 0 Å². The summed E-state index contributed by atoms with van der Waals surface area (Å²) < 4.78 is 5.36. The van der Waals surface area contributed by atoms with E-state index < -0.39 is 0 Å². The zero-order valence-electron chi connectivity index (χ0n) is 12.4. The van der Waals surface area contributed by atoms with Crippen molar-refractivity contribution in [3.05, 3.63) is 30.3 Å². The molecule has 5 heteroatoms. The van der Waals surface area contributed by atoms with Crippen LogP contribution in [0.4, 0.5) is 5.69 Å². The normalized spacial score (nSPS) is 15.5. The third kappa shape index (κ3) is 4.29. The van der Waals surface area contributed by atoms with Gasteiger partial charge in [0.15, 0.2) is 6.73 Å². The van der Waals surface area contributed by atoms with Crippen molar-refractivity contribution in [1.29, 1.82) is 0 Å². The van der Waals surface area contributed by atoms with Crippen LogP contribution >= 0.6 is 0 Å². The van der Waals surface area contributed by atoms with Crippen molar-refractivity contribution in [1.82, 2.24) is 5.32 Å². The zero-order valence-corrected chi connectivity index (χ0v) is 12.4. The maximum Gasteiger partial charge on any atom is 0.310 e. The van der Waals surface area contributed by atoms with Crippen LogP contribution in [0.1, 0.15) is 26.2 Å². The first-order valence-corrected chi connectivity index (χ1v) is 7.45. The Morgan fingerprint density at radius 3 is 2.52 bits per heavy atom. The van der Waals surface area contributed by atoms with E-state index in [1.165, 1.54) is 4.90 Å². The van der Waals surface area contributed by atoms with Crippen LogP contribution in [-0.2, 0) is 14.3 Å². The first-order valence-electron chi connectivity index (χ1n) is 7.45. The molecule has 1 aromatic carbocycles. The summed E-state index contributed by atoms with van der Waals surface area (Å²) in [5.74, 6) is -0.318. The van der Waals surface area contributed by atoms with Crippen LogP contribution in [-0.4, -0.2) is 31.7 Å². The van der Waals surface area contributed by atoms with Crippen LogP contribution in [0, 0.1) is 5.92 Å². The lowest BCUT2D eigenvalue weighted by Gasteiger charge is -2.25. The second-order valence-corrected chi connectivity index (χ2v) is 5.13. The van der Waals surface area contributed by atoms with E-state index in [0.717, 1.165) is 31.6 Å². The number of rotatable bonds is 5. The Hall–Kier alpha value is -1.88. The van der Waals surface area contributed by atoms with Crippen LogP contribution in [0.2, 0.25) is 0 Å². The smallest absolute Gasteiger partial charge is 0.310 e. The SMILES string of the molecule is CCC(=O)N(COC(=O)C1CCNCC1)c1ccccc1. The summed E-state index contributed by atoms with van der Waals surface area (Å²) in [5, 5.41) is 3.22. The third-order valence-corrected chi connectivity index (χ3v) is 3.68. The van der Waals surface area contributed by atoms with Gasteiger partial charge in [-0.3, -0.25) is 14.5 Å². The molecule has 1 heterocycles. The molecule has 21 heavy (non-hydrogen) atoms. The molecule has 0 saturated carbocycles. The summed E-state index contributed by atoms with van der Waals surface area (Å²) in [4.78, 5) is 25.6. The number of anilines is 1. The van der Waals surface area contributed by atoms with Gasteiger partial charge in [-0.2, -0.15) is 0 Å². The van der Waals surface area contributed by atoms with Crippen molar-refractivity contribution in [2.45, 2.75) is 26.2 Å². The van der Waals surface area contributed by atoms with E-state index >= 15 is 0 Å². The van der Waals surface area contributed by atoms with Gasteiger partial charge in [-0.1, -0.05) is 25.1 Å². The van der Waals surface area contributed by atoms with Gasteiger partial charge in [-0.15, -0.1) is 0 Å². The van der Waals surface area contributed by atoms with Gasteiger partial charge < -0.3 is 10.1 Å².